The Morgan fingerprint density at radius 3 is 2.21 bits per heavy atom. The Morgan fingerprint density at radius 1 is 1.00 bits per heavy atom. The van der Waals surface area contributed by atoms with Gasteiger partial charge in [0.05, 0.1) is 0 Å². The standard InChI is InChI=1S/C13H12NS2.3C4H9.Sn/c1-3-10(2)8-9-15-13-14-11-6-4-5-7-12(11)16-13;3*1-3-4-2;/h1,3-8H,9H2,2H3;3*1,3-4H2,2H3;/b3-1?,10-8+;;;;. The van der Waals surface area contributed by atoms with Gasteiger partial charge < -0.3 is 0 Å². The van der Waals surface area contributed by atoms with Gasteiger partial charge in [-0.1, -0.05) is 0 Å². The quantitative estimate of drug-likeness (QED) is 0.136. The van der Waals surface area contributed by atoms with E-state index < -0.39 is 18.4 Å². The van der Waals surface area contributed by atoms with Gasteiger partial charge in [-0.2, -0.15) is 0 Å². The molecule has 2 rings (SSSR count). The van der Waals surface area contributed by atoms with Crippen LogP contribution in [-0.2, 0) is 0 Å². The maximum atomic E-state index is 4.74. The van der Waals surface area contributed by atoms with Crippen molar-refractivity contribution >= 4 is 51.7 Å². The van der Waals surface area contributed by atoms with Gasteiger partial charge in [-0.3, -0.25) is 0 Å². The first-order valence-electron chi connectivity index (χ1n) is 11.5. The fourth-order valence-electron chi connectivity index (χ4n) is 3.74. The molecule has 0 bridgehead atoms. The molecular formula is C25H39NS2Sn. The van der Waals surface area contributed by atoms with Crippen LogP contribution in [0.25, 0.3) is 10.2 Å². The van der Waals surface area contributed by atoms with Crippen LogP contribution >= 0.6 is 23.1 Å². The predicted molar refractivity (Wildman–Crippen MR) is 138 cm³/mol. The number of benzene rings is 1. The molecule has 0 saturated heterocycles. The number of thiazole rings is 1. The summed E-state index contributed by atoms with van der Waals surface area (Å²) >= 11 is 1.52. The summed E-state index contributed by atoms with van der Waals surface area (Å²) in [5.74, 6) is 1.01. The molecule has 4 heteroatoms. The number of nitrogens with zero attached hydrogens (tertiary/aromatic N) is 1. The Labute approximate surface area is 191 Å². The SMILES string of the molecule is CCC[CH2][Sn](/[CH]=C/C(C)=C/CSc1nc2ccccc2s1)([CH2]CCC)[CH2]CCC. The van der Waals surface area contributed by atoms with Gasteiger partial charge in [0, 0.05) is 0 Å². The molecule has 29 heavy (non-hydrogen) atoms. The van der Waals surface area contributed by atoms with Crippen LogP contribution in [-0.4, -0.2) is 29.1 Å². The van der Waals surface area contributed by atoms with Gasteiger partial charge in [0.1, 0.15) is 0 Å². The third-order valence-corrected chi connectivity index (χ3v) is 21.8. The molecule has 0 atom stereocenters. The first-order chi connectivity index (χ1) is 14.1. The topological polar surface area (TPSA) is 12.9 Å². The summed E-state index contributed by atoms with van der Waals surface area (Å²) in [6, 6.07) is 8.43. The second-order valence-corrected chi connectivity index (χ2v) is 23.5. The van der Waals surface area contributed by atoms with Crippen molar-refractivity contribution in [2.45, 2.75) is 83.9 Å². The van der Waals surface area contributed by atoms with Gasteiger partial charge in [0.15, 0.2) is 0 Å². The molecule has 0 fully saturated rings. The molecule has 1 nitrogen and oxygen atoms in total. The first kappa shape index (κ1) is 25.0. The Bertz CT molecular complexity index is 723. The number of hydrogen-bond acceptors (Lipinski definition) is 3. The Hall–Kier alpha value is -0.261. The minimum absolute atomic E-state index is 1.01. The number of allylic oxidation sites excluding steroid dienone is 2. The molecule has 1 heterocycles. The molecule has 0 unspecified atom stereocenters. The average molecular weight is 536 g/mol. The van der Waals surface area contributed by atoms with Gasteiger partial charge in [-0.25, -0.2) is 0 Å². The molecule has 0 radical (unpaired) electrons. The van der Waals surface area contributed by atoms with E-state index in [0.29, 0.717) is 0 Å². The normalized spacial score (nSPS) is 13.0. The van der Waals surface area contributed by atoms with Gasteiger partial charge in [-0.15, -0.1) is 0 Å². The minimum atomic E-state index is -2.15. The number of thioether (sulfide) groups is 1. The van der Waals surface area contributed by atoms with Crippen LogP contribution < -0.4 is 0 Å². The number of unbranched alkanes of at least 4 members (excludes halogenated alkanes) is 3. The van der Waals surface area contributed by atoms with E-state index in [1.54, 1.807) is 13.3 Å². The van der Waals surface area contributed by atoms with E-state index in [0.717, 1.165) is 11.3 Å². The molecule has 0 aliphatic rings. The van der Waals surface area contributed by atoms with Crippen molar-refractivity contribution in [1.29, 1.82) is 0 Å². The van der Waals surface area contributed by atoms with E-state index in [9.17, 15) is 0 Å². The summed E-state index contributed by atoms with van der Waals surface area (Å²) in [5.41, 5.74) is 2.56. The average Bonchev–Trinajstić information content (AvgIpc) is 3.15. The van der Waals surface area contributed by atoms with Crippen molar-refractivity contribution in [2.24, 2.45) is 0 Å². The molecule has 0 spiro atoms. The first-order valence-corrected chi connectivity index (χ1v) is 21.0. The summed E-state index contributed by atoms with van der Waals surface area (Å²) in [4.78, 5) is 4.74. The second-order valence-electron chi connectivity index (χ2n) is 8.21. The van der Waals surface area contributed by atoms with Crippen molar-refractivity contribution < 1.29 is 0 Å². The Morgan fingerprint density at radius 2 is 1.62 bits per heavy atom. The summed E-state index contributed by atoms with van der Waals surface area (Å²) < 4.78 is 9.91. The van der Waals surface area contributed by atoms with Crippen LogP contribution in [0.2, 0.25) is 13.3 Å². The third kappa shape index (κ3) is 8.78. The fourth-order valence-corrected chi connectivity index (χ4v) is 20.2. The molecular weight excluding hydrogens is 497 g/mol. The van der Waals surface area contributed by atoms with Gasteiger partial charge >= 0.3 is 192 Å². The van der Waals surface area contributed by atoms with Gasteiger partial charge in [0.2, 0.25) is 0 Å². The summed E-state index contributed by atoms with van der Waals surface area (Å²) in [7, 11) is 0. The van der Waals surface area contributed by atoms with E-state index in [4.69, 9.17) is 4.98 Å². The van der Waals surface area contributed by atoms with Crippen LogP contribution in [0.15, 0.2) is 50.4 Å². The molecule has 0 amide bonds. The molecule has 2 aromatic rings. The van der Waals surface area contributed by atoms with Crippen molar-refractivity contribution in [3.8, 4) is 0 Å². The summed E-state index contributed by atoms with van der Waals surface area (Å²) in [6.45, 7) is 9.34. The van der Waals surface area contributed by atoms with Crippen molar-refractivity contribution in [3.63, 3.8) is 0 Å². The zero-order valence-corrected chi connectivity index (χ0v) is 23.4. The molecule has 1 aromatic carbocycles. The van der Waals surface area contributed by atoms with E-state index in [2.05, 4.69) is 68.2 Å². The molecule has 0 N–H and O–H groups in total. The van der Waals surface area contributed by atoms with Crippen molar-refractivity contribution in [3.05, 3.63) is 46.1 Å². The Kier molecular flexibility index (Phi) is 12.0. The molecule has 1 aromatic heterocycles. The predicted octanol–water partition coefficient (Wildman–Crippen LogP) is 9.28. The fraction of sp³-hybridized carbons (Fsp3) is 0.560. The van der Waals surface area contributed by atoms with Crippen molar-refractivity contribution in [2.75, 3.05) is 5.75 Å². The summed E-state index contributed by atoms with van der Waals surface area (Å²) in [6.07, 6.45) is 13.2. The van der Waals surface area contributed by atoms with Crippen LogP contribution in [0, 0.1) is 0 Å². The van der Waals surface area contributed by atoms with Crippen molar-refractivity contribution in [1.82, 2.24) is 4.98 Å². The van der Waals surface area contributed by atoms with E-state index >= 15 is 0 Å². The molecule has 160 valence electrons. The second kappa shape index (κ2) is 13.9. The Balaban J connectivity index is 2.00. The maximum absolute atomic E-state index is 4.74. The van der Waals surface area contributed by atoms with Crippen LogP contribution in [0.5, 0.6) is 0 Å². The van der Waals surface area contributed by atoms with Crippen LogP contribution in [0.1, 0.15) is 66.2 Å². The third-order valence-electron chi connectivity index (χ3n) is 5.67. The summed E-state index contributed by atoms with van der Waals surface area (Å²) in [5, 5.41) is 0. The van der Waals surface area contributed by atoms with Crippen LogP contribution in [0.4, 0.5) is 0 Å². The number of hydrogen-bond donors (Lipinski definition) is 0. The van der Waals surface area contributed by atoms with Gasteiger partial charge in [0.25, 0.3) is 0 Å². The van der Waals surface area contributed by atoms with Crippen LogP contribution in [0.3, 0.4) is 0 Å². The van der Waals surface area contributed by atoms with E-state index in [1.807, 2.05) is 23.1 Å². The monoisotopic (exact) mass is 537 g/mol. The number of aromatic nitrogens is 1. The zero-order chi connectivity index (χ0) is 21.0. The number of para-hydroxylation sites is 1. The number of fused-ring (bicyclic) bond motifs is 1. The zero-order valence-electron chi connectivity index (χ0n) is 18.9. The van der Waals surface area contributed by atoms with E-state index in [-0.39, 0.29) is 0 Å². The number of rotatable bonds is 14. The molecule has 0 saturated carbocycles. The van der Waals surface area contributed by atoms with E-state index in [1.165, 1.54) is 53.1 Å². The molecule has 0 aliphatic carbocycles. The molecule has 0 aliphatic heterocycles. The van der Waals surface area contributed by atoms with Gasteiger partial charge in [-0.05, 0) is 0 Å².